The molecule has 0 heterocycles. The van der Waals surface area contributed by atoms with Gasteiger partial charge >= 0.3 is 12.1 Å². The lowest BCUT2D eigenvalue weighted by Gasteiger charge is -2.20. The molecule has 1 rings (SSSR count). The highest BCUT2D eigenvalue weighted by Crippen LogP contribution is 2.33. The maximum absolute atomic E-state index is 12.7. The van der Waals surface area contributed by atoms with E-state index in [4.69, 9.17) is 4.74 Å². The van der Waals surface area contributed by atoms with Crippen LogP contribution in [-0.2, 0) is 10.0 Å². The molecular formula is C20H31F3N2O5S. The van der Waals surface area contributed by atoms with Gasteiger partial charge in [-0.25, -0.2) is 17.5 Å². The highest BCUT2D eigenvalue weighted by molar-refractivity contribution is 7.89. The Morgan fingerprint density at radius 2 is 1.71 bits per heavy atom. The molecule has 0 aliphatic rings. The van der Waals surface area contributed by atoms with E-state index in [9.17, 15) is 31.5 Å². The zero-order valence-corrected chi connectivity index (χ0v) is 19.1. The number of carbonyl (C=O) groups is 1. The van der Waals surface area contributed by atoms with Crippen LogP contribution in [0.25, 0.3) is 0 Å². The van der Waals surface area contributed by atoms with E-state index in [2.05, 4.69) is 5.32 Å². The number of nitrogens with zero attached hydrogens (tertiary/aromatic N) is 1. The van der Waals surface area contributed by atoms with Crippen molar-refractivity contribution in [2.75, 3.05) is 26.0 Å². The van der Waals surface area contributed by atoms with Gasteiger partial charge in [0.25, 0.3) is 0 Å². The van der Waals surface area contributed by atoms with Gasteiger partial charge in [0.2, 0.25) is 10.0 Å². The van der Waals surface area contributed by atoms with Gasteiger partial charge in [0.15, 0.2) is 0 Å². The number of sulfonamides is 1. The number of halogens is 3. The minimum atomic E-state index is -4.13. The van der Waals surface area contributed by atoms with Crippen LogP contribution < -0.4 is 10.1 Å². The molecule has 0 atom stereocenters. The maximum atomic E-state index is 12.7. The number of ether oxygens (including phenoxy) is 1. The summed E-state index contributed by atoms with van der Waals surface area (Å²) in [6, 6.07) is 2.44. The second-order valence-corrected chi connectivity index (χ2v) is 9.78. The molecule has 0 amide bonds. The summed E-state index contributed by atoms with van der Waals surface area (Å²) in [6.07, 6.45) is -2.73. The summed E-state index contributed by atoms with van der Waals surface area (Å²) >= 11 is 0. The number of unbranched alkanes of at least 4 members (excludes halogenated alkanes) is 4. The molecule has 0 radical (unpaired) electrons. The number of rotatable bonds is 13. The first-order valence-electron chi connectivity index (χ1n) is 10.1. The lowest BCUT2D eigenvalue weighted by atomic mass is 10.1. The molecule has 1 aromatic rings. The molecule has 0 aliphatic heterocycles. The van der Waals surface area contributed by atoms with E-state index >= 15 is 0 Å². The highest BCUT2D eigenvalue weighted by Gasteiger charge is 2.27. The molecule has 0 aliphatic carbocycles. The van der Waals surface area contributed by atoms with E-state index < -0.39 is 28.6 Å². The van der Waals surface area contributed by atoms with E-state index in [0.29, 0.717) is 32.2 Å². The second kappa shape index (κ2) is 11.6. The summed E-state index contributed by atoms with van der Waals surface area (Å²) in [4.78, 5) is 11.4. The molecule has 178 valence electrons. The van der Waals surface area contributed by atoms with E-state index in [0.717, 1.165) is 10.4 Å². The Morgan fingerprint density at radius 3 is 2.23 bits per heavy atom. The number of hydrogen-bond acceptors (Lipinski definition) is 5. The maximum Gasteiger partial charge on any atom is 0.389 e. The zero-order valence-electron chi connectivity index (χ0n) is 18.3. The topological polar surface area (TPSA) is 95.9 Å². The van der Waals surface area contributed by atoms with Gasteiger partial charge in [-0.15, -0.1) is 0 Å². The quantitative estimate of drug-likeness (QED) is 0.406. The van der Waals surface area contributed by atoms with Crippen LogP contribution in [0.15, 0.2) is 17.0 Å². The molecule has 0 spiro atoms. The predicted molar refractivity (Wildman–Crippen MR) is 112 cm³/mol. The van der Waals surface area contributed by atoms with Crippen molar-refractivity contribution in [1.29, 1.82) is 0 Å². The lowest BCUT2D eigenvalue weighted by molar-refractivity contribution is -0.135. The Kier molecular flexibility index (Phi) is 10.1. The third-order valence-electron chi connectivity index (χ3n) is 4.39. The smallest absolute Gasteiger partial charge is 0.389 e. The van der Waals surface area contributed by atoms with E-state index in [1.54, 1.807) is 13.8 Å². The van der Waals surface area contributed by atoms with Crippen molar-refractivity contribution >= 4 is 21.7 Å². The van der Waals surface area contributed by atoms with Gasteiger partial charge in [-0.3, -0.25) is 0 Å². The lowest BCUT2D eigenvalue weighted by Crippen LogP contribution is -2.24. The fourth-order valence-corrected chi connectivity index (χ4v) is 3.90. The van der Waals surface area contributed by atoms with Crippen LogP contribution >= 0.6 is 0 Å². The van der Waals surface area contributed by atoms with Crippen molar-refractivity contribution in [2.45, 2.75) is 69.5 Å². The van der Waals surface area contributed by atoms with Gasteiger partial charge < -0.3 is 15.2 Å². The van der Waals surface area contributed by atoms with Crippen molar-refractivity contribution in [3.05, 3.63) is 17.7 Å². The van der Waals surface area contributed by atoms with E-state index in [-0.39, 0.29) is 34.4 Å². The average molecular weight is 469 g/mol. The molecule has 31 heavy (non-hydrogen) atoms. The van der Waals surface area contributed by atoms with Crippen molar-refractivity contribution in [3.8, 4) is 5.75 Å². The Morgan fingerprint density at radius 1 is 1.13 bits per heavy atom. The average Bonchev–Trinajstić information content (AvgIpc) is 2.61. The summed E-state index contributed by atoms with van der Waals surface area (Å²) in [6.45, 7) is 3.83. The van der Waals surface area contributed by atoms with Crippen LogP contribution in [-0.4, -0.2) is 56.7 Å². The van der Waals surface area contributed by atoms with Crippen LogP contribution in [0.5, 0.6) is 5.75 Å². The van der Waals surface area contributed by atoms with Crippen molar-refractivity contribution < 1.29 is 36.2 Å². The number of hydrogen-bond donors (Lipinski definition) is 2. The SMILES string of the molecule is CC(C)Oc1cc(NCCCCCCCC(F)(F)F)c(S(=O)(=O)N(C)C)cc1C(=O)O. The van der Waals surface area contributed by atoms with Crippen molar-refractivity contribution in [1.82, 2.24) is 4.31 Å². The van der Waals surface area contributed by atoms with Crippen molar-refractivity contribution in [2.24, 2.45) is 0 Å². The number of benzene rings is 1. The van der Waals surface area contributed by atoms with Gasteiger partial charge in [-0.1, -0.05) is 19.3 Å². The monoisotopic (exact) mass is 468 g/mol. The first-order chi connectivity index (χ1) is 14.3. The molecule has 0 saturated carbocycles. The zero-order chi connectivity index (χ0) is 23.8. The van der Waals surface area contributed by atoms with E-state index in [1.165, 1.54) is 20.2 Å². The summed E-state index contributed by atoms with van der Waals surface area (Å²) < 4.78 is 68.4. The van der Waals surface area contributed by atoms with Crippen LogP contribution in [0.4, 0.5) is 18.9 Å². The van der Waals surface area contributed by atoms with Crippen molar-refractivity contribution in [3.63, 3.8) is 0 Å². The summed E-state index contributed by atoms with van der Waals surface area (Å²) in [5.74, 6) is -1.26. The first-order valence-corrected chi connectivity index (χ1v) is 11.5. The van der Waals surface area contributed by atoms with Crippen LogP contribution in [0.3, 0.4) is 0 Å². The highest BCUT2D eigenvalue weighted by atomic mass is 32.2. The van der Waals surface area contributed by atoms with Gasteiger partial charge in [0.1, 0.15) is 16.2 Å². The molecule has 1 aromatic carbocycles. The van der Waals surface area contributed by atoms with Gasteiger partial charge in [0.05, 0.1) is 11.8 Å². The number of nitrogens with one attached hydrogen (secondary N) is 1. The van der Waals surface area contributed by atoms with E-state index in [1.807, 2.05) is 0 Å². The Balaban J connectivity index is 2.93. The molecule has 0 aromatic heterocycles. The Bertz CT molecular complexity index is 840. The molecule has 11 heteroatoms. The number of carboxylic acid groups (broad SMARTS) is 1. The van der Waals surface area contributed by atoms with Crippen LogP contribution in [0.1, 0.15) is 62.7 Å². The molecule has 0 fully saturated rings. The Hall–Kier alpha value is -2.01. The number of alkyl halides is 3. The van der Waals surface area contributed by atoms with Gasteiger partial charge in [-0.05, 0) is 32.8 Å². The standard InChI is InChI=1S/C20H31F3N2O5S/c1-14(2)30-17-13-16(24-11-9-7-5-6-8-10-20(21,22)23)18(12-15(17)19(26)27)31(28,29)25(3)4/h12-14,24H,5-11H2,1-4H3,(H,26,27). The normalized spacial score (nSPS) is 12.4. The third kappa shape index (κ3) is 8.94. The largest absolute Gasteiger partial charge is 0.490 e. The molecular weight excluding hydrogens is 437 g/mol. The van der Waals surface area contributed by atoms with Crippen LogP contribution in [0, 0.1) is 0 Å². The second-order valence-electron chi connectivity index (χ2n) is 7.66. The summed E-state index contributed by atoms with van der Waals surface area (Å²) in [5, 5.41) is 12.5. The minimum Gasteiger partial charge on any atom is -0.490 e. The van der Waals surface area contributed by atoms with Gasteiger partial charge in [-0.2, -0.15) is 13.2 Å². The number of anilines is 1. The fourth-order valence-electron chi connectivity index (χ4n) is 2.83. The third-order valence-corrected chi connectivity index (χ3v) is 6.24. The summed E-state index contributed by atoms with van der Waals surface area (Å²) in [5.41, 5.74) is -0.0456. The molecule has 0 saturated heterocycles. The molecule has 0 bridgehead atoms. The summed E-state index contributed by atoms with van der Waals surface area (Å²) in [7, 11) is -1.24. The minimum absolute atomic E-state index is 0.0508. The Labute approximate surface area is 181 Å². The fraction of sp³-hybridized carbons (Fsp3) is 0.650. The number of aromatic carboxylic acids is 1. The first kappa shape index (κ1) is 27.0. The van der Waals surface area contributed by atoms with Crippen LogP contribution in [0.2, 0.25) is 0 Å². The predicted octanol–water partition coefficient (Wildman–Crippen LogP) is 4.74. The van der Waals surface area contributed by atoms with Gasteiger partial charge in [0, 0.05) is 33.1 Å². The number of carboxylic acids is 1. The molecule has 2 N–H and O–H groups in total. The molecule has 7 nitrogen and oxygen atoms in total. The molecule has 0 unspecified atom stereocenters.